The van der Waals surface area contributed by atoms with Gasteiger partial charge in [-0.1, -0.05) is 0 Å². The van der Waals surface area contributed by atoms with Crippen LogP contribution in [0, 0.1) is 5.41 Å². The number of hydrogen-bond acceptors (Lipinski definition) is 3. The molecule has 3 heterocycles. The third kappa shape index (κ3) is 2.91. The van der Waals surface area contributed by atoms with Crippen molar-refractivity contribution in [3.8, 4) is 0 Å². The maximum atomic E-state index is 12.3. The molecule has 3 nitrogen and oxygen atoms in total. The molecule has 110 valence electrons. The molecule has 0 aliphatic carbocycles. The van der Waals surface area contributed by atoms with Crippen molar-refractivity contribution in [3.63, 3.8) is 0 Å². The van der Waals surface area contributed by atoms with Crippen molar-refractivity contribution in [1.82, 2.24) is 10.2 Å². The highest BCUT2D eigenvalue weighted by molar-refractivity contribution is 7.07. The second kappa shape index (κ2) is 5.86. The number of rotatable bonds is 3. The van der Waals surface area contributed by atoms with Gasteiger partial charge in [-0.25, -0.2) is 0 Å². The van der Waals surface area contributed by atoms with Gasteiger partial charge in [0.25, 0.3) is 0 Å². The molecular formula is C16H24N2OS. The molecule has 0 bridgehead atoms. The molecule has 0 saturated carbocycles. The monoisotopic (exact) mass is 292 g/mol. The fraction of sp³-hybridized carbons (Fsp3) is 0.688. The van der Waals surface area contributed by atoms with Crippen molar-refractivity contribution in [2.24, 2.45) is 5.41 Å². The van der Waals surface area contributed by atoms with Crippen LogP contribution in [-0.4, -0.2) is 36.5 Å². The van der Waals surface area contributed by atoms with Crippen LogP contribution in [-0.2, 0) is 11.2 Å². The van der Waals surface area contributed by atoms with Crippen LogP contribution in [0.3, 0.4) is 0 Å². The number of nitrogens with one attached hydrogen (secondary N) is 1. The summed E-state index contributed by atoms with van der Waals surface area (Å²) < 4.78 is 0. The SMILES string of the molecule is C[C@H](Cc1ccsc1)N1CC2(CCNCC2)CCC1=O. The van der Waals surface area contributed by atoms with Crippen LogP contribution in [0.2, 0.25) is 0 Å². The van der Waals surface area contributed by atoms with Gasteiger partial charge in [0.2, 0.25) is 5.91 Å². The Balaban J connectivity index is 1.68. The summed E-state index contributed by atoms with van der Waals surface area (Å²) in [6.07, 6.45) is 5.27. The van der Waals surface area contributed by atoms with Gasteiger partial charge in [-0.05, 0) is 73.5 Å². The van der Waals surface area contributed by atoms with Crippen LogP contribution < -0.4 is 5.32 Å². The summed E-state index contributed by atoms with van der Waals surface area (Å²) in [5.41, 5.74) is 1.75. The van der Waals surface area contributed by atoms with E-state index in [9.17, 15) is 4.79 Å². The van der Waals surface area contributed by atoms with Gasteiger partial charge < -0.3 is 10.2 Å². The minimum absolute atomic E-state index is 0.323. The van der Waals surface area contributed by atoms with Crippen molar-refractivity contribution in [2.45, 2.75) is 45.1 Å². The number of thiophene rings is 1. The fourth-order valence-electron chi connectivity index (χ4n) is 3.67. The molecular weight excluding hydrogens is 268 g/mol. The Bertz CT molecular complexity index is 451. The van der Waals surface area contributed by atoms with Crippen molar-refractivity contribution in [3.05, 3.63) is 22.4 Å². The molecule has 1 N–H and O–H groups in total. The van der Waals surface area contributed by atoms with E-state index in [0.717, 1.165) is 38.9 Å². The summed E-state index contributed by atoms with van der Waals surface area (Å²) in [5.74, 6) is 0.358. The molecule has 2 fully saturated rings. The van der Waals surface area contributed by atoms with Gasteiger partial charge in [0.1, 0.15) is 0 Å². The highest BCUT2D eigenvalue weighted by Gasteiger charge is 2.40. The van der Waals surface area contributed by atoms with Gasteiger partial charge in [-0.2, -0.15) is 11.3 Å². The van der Waals surface area contributed by atoms with E-state index in [1.807, 2.05) is 0 Å². The molecule has 20 heavy (non-hydrogen) atoms. The van der Waals surface area contributed by atoms with E-state index < -0.39 is 0 Å². The third-order valence-corrected chi connectivity index (χ3v) is 5.73. The van der Waals surface area contributed by atoms with Gasteiger partial charge in [0, 0.05) is 19.0 Å². The van der Waals surface area contributed by atoms with E-state index in [1.54, 1.807) is 11.3 Å². The Labute approximate surface area is 125 Å². The summed E-state index contributed by atoms with van der Waals surface area (Å²) in [5, 5.41) is 7.76. The lowest BCUT2D eigenvalue weighted by Gasteiger charge is -2.47. The highest BCUT2D eigenvalue weighted by Crippen LogP contribution is 2.39. The molecule has 1 aromatic rings. The number of likely N-dealkylation sites (tertiary alicyclic amines) is 1. The smallest absolute Gasteiger partial charge is 0.222 e. The van der Waals surface area contributed by atoms with Crippen molar-refractivity contribution in [2.75, 3.05) is 19.6 Å². The number of piperidine rings is 2. The van der Waals surface area contributed by atoms with E-state index in [2.05, 4.69) is 34.0 Å². The van der Waals surface area contributed by atoms with E-state index in [4.69, 9.17) is 0 Å². The summed E-state index contributed by atoms with van der Waals surface area (Å²) in [7, 11) is 0. The van der Waals surface area contributed by atoms with Crippen LogP contribution in [0.25, 0.3) is 0 Å². The number of amides is 1. The Morgan fingerprint density at radius 3 is 2.90 bits per heavy atom. The van der Waals surface area contributed by atoms with Gasteiger partial charge in [0.15, 0.2) is 0 Å². The lowest BCUT2D eigenvalue weighted by molar-refractivity contribution is -0.141. The Kier molecular flexibility index (Phi) is 4.13. The molecule has 1 atom stereocenters. The average molecular weight is 292 g/mol. The van der Waals surface area contributed by atoms with E-state index in [-0.39, 0.29) is 0 Å². The largest absolute Gasteiger partial charge is 0.339 e. The lowest BCUT2D eigenvalue weighted by Crippen LogP contribution is -2.53. The molecule has 1 aromatic heterocycles. The van der Waals surface area contributed by atoms with Gasteiger partial charge >= 0.3 is 0 Å². The van der Waals surface area contributed by atoms with Crippen LogP contribution in [0.4, 0.5) is 0 Å². The standard InChI is InChI=1S/C16H24N2OS/c1-13(10-14-3-9-20-11-14)18-12-16(4-2-15(18)19)5-7-17-8-6-16/h3,9,11,13,17H,2,4-8,10,12H2,1H3/t13-/m1/s1. The first kappa shape index (κ1) is 14.1. The van der Waals surface area contributed by atoms with Crippen LogP contribution in [0.15, 0.2) is 16.8 Å². The van der Waals surface area contributed by atoms with E-state index >= 15 is 0 Å². The average Bonchev–Trinajstić information content (AvgIpc) is 2.96. The Morgan fingerprint density at radius 2 is 2.20 bits per heavy atom. The second-order valence-corrected chi connectivity index (χ2v) is 7.24. The quantitative estimate of drug-likeness (QED) is 0.929. The minimum Gasteiger partial charge on any atom is -0.339 e. The molecule has 1 amide bonds. The van der Waals surface area contributed by atoms with E-state index in [1.165, 1.54) is 18.4 Å². The molecule has 0 unspecified atom stereocenters. The topological polar surface area (TPSA) is 32.3 Å². The Hall–Kier alpha value is -0.870. The molecule has 1 spiro atoms. The maximum absolute atomic E-state index is 12.3. The molecule has 4 heteroatoms. The number of carbonyl (C=O) groups excluding carboxylic acids is 1. The van der Waals surface area contributed by atoms with Crippen molar-refractivity contribution < 1.29 is 4.79 Å². The first-order chi connectivity index (χ1) is 9.69. The number of carbonyl (C=O) groups is 1. The number of hydrogen-bond donors (Lipinski definition) is 1. The fourth-order valence-corrected chi connectivity index (χ4v) is 4.35. The summed E-state index contributed by atoms with van der Waals surface area (Å²) in [6, 6.07) is 2.50. The third-order valence-electron chi connectivity index (χ3n) is 5.00. The zero-order valence-corrected chi connectivity index (χ0v) is 13.0. The second-order valence-electron chi connectivity index (χ2n) is 6.46. The van der Waals surface area contributed by atoms with Crippen molar-refractivity contribution >= 4 is 17.2 Å². The molecule has 2 aliphatic heterocycles. The summed E-state index contributed by atoms with van der Waals surface area (Å²) in [4.78, 5) is 14.5. The lowest BCUT2D eigenvalue weighted by atomic mass is 9.72. The van der Waals surface area contributed by atoms with Crippen LogP contribution >= 0.6 is 11.3 Å². The summed E-state index contributed by atoms with van der Waals surface area (Å²) in [6.45, 7) is 5.40. The maximum Gasteiger partial charge on any atom is 0.222 e. The Morgan fingerprint density at radius 1 is 1.40 bits per heavy atom. The number of nitrogens with zero attached hydrogens (tertiary/aromatic N) is 1. The van der Waals surface area contributed by atoms with Gasteiger partial charge in [-0.15, -0.1) is 0 Å². The van der Waals surface area contributed by atoms with E-state index in [0.29, 0.717) is 17.4 Å². The highest BCUT2D eigenvalue weighted by atomic mass is 32.1. The predicted molar refractivity (Wildman–Crippen MR) is 83.0 cm³/mol. The first-order valence-electron chi connectivity index (χ1n) is 7.70. The molecule has 3 rings (SSSR count). The molecule has 0 radical (unpaired) electrons. The van der Waals surface area contributed by atoms with Gasteiger partial charge in [-0.3, -0.25) is 4.79 Å². The zero-order chi connectivity index (χ0) is 14.0. The predicted octanol–water partition coefficient (Wildman–Crippen LogP) is 2.67. The summed E-state index contributed by atoms with van der Waals surface area (Å²) >= 11 is 1.74. The molecule has 2 saturated heterocycles. The van der Waals surface area contributed by atoms with Crippen LogP contribution in [0.1, 0.15) is 38.2 Å². The van der Waals surface area contributed by atoms with Gasteiger partial charge in [0.05, 0.1) is 0 Å². The normalized spacial score (nSPS) is 24.1. The molecule has 2 aliphatic rings. The first-order valence-corrected chi connectivity index (χ1v) is 8.64. The van der Waals surface area contributed by atoms with Crippen LogP contribution in [0.5, 0.6) is 0 Å². The molecule has 0 aromatic carbocycles. The minimum atomic E-state index is 0.323. The zero-order valence-electron chi connectivity index (χ0n) is 12.2. The van der Waals surface area contributed by atoms with Crippen molar-refractivity contribution in [1.29, 1.82) is 0 Å².